The maximum absolute atomic E-state index is 12.6. The van der Waals surface area contributed by atoms with Gasteiger partial charge in [-0.2, -0.15) is 13.2 Å². The summed E-state index contributed by atoms with van der Waals surface area (Å²) < 4.78 is 39.0. The quantitative estimate of drug-likeness (QED) is 0.790. The summed E-state index contributed by atoms with van der Waals surface area (Å²) in [7, 11) is 0. The van der Waals surface area contributed by atoms with E-state index in [9.17, 15) is 18.0 Å². The smallest absolute Gasteiger partial charge is 0.294 e. The molecule has 2 atom stereocenters. The minimum absolute atomic E-state index is 0.138. The summed E-state index contributed by atoms with van der Waals surface area (Å²) in [5, 5.41) is 4.00. The molecule has 1 saturated carbocycles. The van der Waals surface area contributed by atoms with Crippen molar-refractivity contribution in [3.05, 3.63) is 47.0 Å². The van der Waals surface area contributed by atoms with Crippen molar-refractivity contribution in [2.24, 2.45) is 11.3 Å². The van der Waals surface area contributed by atoms with Crippen molar-refractivity contribution in [1.29, 1.82) is 0 Å². The van der Waals surface area contributed by atoms with Gasteiger partial charge in [-0.05, 0) is 24.3 Å². The molecule has 1 aliphatic carbocycles. The third-order valence-electron chi connectivity index (χ3n) is 4.23. The molecule has 1 fully saturated rings. The number of carbonyl (C=O) groups is 1. The molecule has 2 unspecified atom stereocenters. The molecule has 0 spiro atoms. The Labute approximate surface area is 135 Å². The lowest BCUT2D eigenvalue weighted by Gasteiger charge is -2.02. The van der Waals surface area contributed by atoms with Crippen molar-refractivity contribution in [1.82, 2.24) is 14.8 Å². The Kier molecular flexibility index (Phi) is 3.51. The maximum atomic E-state index is 12.6. The topological polar surface area (TPSA) is 47.8 Å². The Hall–Kier alpha value is -1.89. The van der Waals surface area contributed by atoms with E-state index in [-0.39, 0.29) is 5.78 Å². The highest BCUT2D eigenvalue weighted by atomic mass is 35.5. The van der Waals surface area contributed by atoms with E-state index >= 15 is 0 Å². The monoisotopic (exact) mass is 343 g/mol. The molecule has 0 bridgehead atoms. The highest BCUT2D eigenvalue weighted by molar-refractivity contribution is 6.30. The number of hydrogen-bond donors (Lipinski definition) is 0. The molecule has 1 aliphatic rings. The number of Topliss-reactive ketones (excluding diaryl/α,β-unsaturated/α-hetero) is 1. The van der Waals surface area contributed by atoms with Gasteiger partial charge < -0.3 is 0 Å². The number of aromatic nitrogens is 3. The van der Waals surface area contributed by atoms with Crippen molar-refractivity contribution < 1.29 is 18.0 Å². The van der Waals surface area contributed by atoms with Crippen LogP contribution < -0.4 is 0 Å². The molecular weight excluding hydrogens is 331 g/mol. The van der Waals surface area contributed by atoms with Gasteiger partial charge in [0.2, 0.25) is 0 Å². The lowest BCUT2D eigenvalue weighted by Crippen LogP contribution is -2.10. The highest BCUT2D eigenvalue weighted by Gasteiger charge is 2.63. The fourth-order valence-corrected chi connectivity index (χ4v) is 3.04. The van der Waals surface area contributed by atoms with Crippen LogP contribution in [0.2, 0.25) is 5.02 Å². The number of benzene rings is 1. The molecule has 1 aromatic carbocycles. The lowest BCUT2D eigenvalue weighted by molar-refractivity contribution is -0.145. The van der Waals surface area contributed by atoms with E-state index in [1.165, 1.54) is 0 Å². The van der Waals surface area contributed by atoms with Crippen LogP contribution in [-0.2, 0) is 6.18 Å². The summed E-state index contributed by atoms with van der Waals surface area (Å²) in [5.74, 6) is -1.79. The van der Waals surface area contributed by atoms with Gasteiger partial charge >= 0.3 is 6.18 Å². The fraction of sp³-hybridized carbons (Fsp3) is 0.400. The largest absolute Gasteiger partial charge is 0.453 e. The van der Waals surface area contributed by atoms with Crippen LogP contribution in [0.5, 0.6) is 0 Å². The van der Waals surface area contributed by atoms with Gasteiger partial charge in [-0.1, -0.05) is 25.4 Å². The van der Waals surface area contributed by atoms with Crippen LogP contribution >= 0.6 is 11.6 Å². The fourth-order valence-electron chi connectivity index (χ4n) is 2.92. The highest BCUT2D eigenvalue weighted by Crippen LogP contribution is 2.62. The Morgan fingerprint density at radius 2 is 1.87 bits per heavy atom. The molecular formula is C15H13ClF3N3O. The van der Waals surface area contributed by atoms with Crippen molar-refractivity contribution in [2.75, 3.05) is 0 Å². The number of ketones is 1. The van der Waals surface area contributed by atoms with Crippen LogP contribution in [0.4, 0.5) is 13.2 Å². The van der Waals surface area contributed by atoms with E-state index in [2.05, 4.69) is 10.1 Å². The predicted octanol–water partition coefficient (Wildman–Crippen LogP) is 4.03. The van der Waals surface area contributed by atoms with Crippen LogP contribution in [0.25, 0.3) is 0 Å². The number of carbonyl (C=O) groups excluding carboxylic acids is 1. The summed E-state index contributed by atoms with van der Waals surface area (Å²) >= 11 is 5.80. The number of rotatable bonds is 3. The van der Waals surface area contributed by atoms with E-state index in [0.29, 0.717) is 10.6 Å². The van der Waals surface area contributed by atoms with E-state index in [1.54, 1.807) is 24.3 Å². The van der Waals surface area contributed by atoms with Gasteiger partial charge in [0.15, 0.2) is 5.78 Å². The van der Waals surface area contributed by atoms with Crippen molar-refractivity contribution in [3.8, 4) is 0 Å². The van der Waals surface area contributed by atoms with E-state index in [1.807, 2.05) is 13.8 Å². The summed E-state index contributed by atoms with van der Waals surface area (Å²) in [6.07, 6.45) is -3.57. The van der Waals surface area contributed by atoms with E-state index < -0.39 is 29.4 Å². The standard InChI is InChI=1S/C15H13ClF3N3O/c1-14(2)10(11(23)8-3-5-9(16)6-4-8)12(14)22-7-20-13(21-22)15(17,18)19/h3-7,10,12H,1-2H3. The van der Waals surface area contributed by atoms with E-state index in [0.717, 1.165) is 11.0 Å². The lowest BCUT2D eigenvalue weighted by atomic mass is 10.0. The Morgan fingerprint density at radius 1 is 1.26 bits per heavy atom. The second-order valence-corrected chi connectivity index (χ2v) is 6.60. The van der Waals surface area contributed by atoms with Crippen molar-refractivity contribution >= 4 is 17.4 Å². The molecule has 8 heteroatoms. The third kappa shape index (κ3) is 2.73. The average Bonchev–Trinajstić information content (AvgIpc) is 2.84. The van der Waals surface area contributed by atoms with Gasteiger partial charge in [0.05, 0.1) is 12.0 Å². The first-order chi connectivity index (χ1) is 10.6. The summed E-state index contributed by atoms with van der Waals surface area (Å²) in [4.78, 5) is 15.9. The normalized spacial score (nSPS) is 22.9. The first-order valence-electron chi connectivity index (χ1n) is 6.90. The zero-order chi connectivity index (χ0) is 17.0. The summed E-state index contributed by atoms with van der Waals surface area (Å²) in [5.41, 5.74) is -0.0149. The maximum Gasteiger partial charge on any atom is 0.453 e. The molecule has 1 aromatic heterocycles. The Bertz CT molecular complexity index is 752. The van der Waals surface area contributed by atoms with Crippen LogP contribution in [-0.4, -0.2) is 20.5 Å². The number of nitrogens with zero attached hydrogens (tertiary/aromatic N) is 3. The minimum atomic E-state index is -4.60. The Balaban J connectivity index is 1.86. The van der Waals surface area contributed by atoms with Gasteiger partial charge in [0, 0.05) is 16.0 Å². The average molecular weight is 344 g/mol. The van der Waals surface area contributed by atoms with Crippen LogP contribution in [0.3, 0.4) is 0 Å². The van der Waals surface area contributed by atoms with Crippen LogP contribution in [0.1, 0.15) is 36.1 Å². The number of halogens is 4. The zero-order valence-electron chi connectivity index (χ0n) is 12.3. The second-order valence-electron chi connectivity index (χ2n) is 6.16. The molecule has 1 heterocycles. The third-order valence-corrected chi connectivity index (χ3v) is 4.48. The SMILES string of the molecule is CC1(C)C(C(=O)c2ccc(Cl)cc2)C1n1cnc(C(F)(F)F)n1. The van der Waals surface area contributed by atoms with Gasteiger partial charge in [0.25, 0.3) is 5.82 Å². The molecule has 0 saturated heterocycles. The molecule has 0 aliphatic heterocycles. The summed E-state index contributed by atoms with van der Waals surface area (Å²) in [6.45, 7) is 3.65. The van der Waals surface area contributed by atoms with Gasteiger partial charge in [-0.15, -0.1) is 5.10 Å². The molecule has 0 amide bonds. The molecule has 0 N–H and O–H groups in total. The van der Waals surface area contributed by atoms with Gasteiger partial charge in [-0.25, -0.2) is 9.67 Å². The van der Waals surface area contributed by atoms with Crippen LogP contribution in [0.15, 0.2) is 30.6 Å². The molecule has 4 nitrogen and oxygen atoms in total. The number of alkyl halides is 3. The molecule has 3 rings (SSSR count). The minimum Gasteiger partial charge on any atom is -0.294 e. The predicted molar refractivity (Wildman–Crippen MR) is 77.1 cm³/mol. The van der Waals surface area contributed by atoms with E-state index in [4.69, 9.17) is 11.6 Å². The second kappa shape index (κ2) is 5.06. The van der Waals surface area contributed by atoms with Gasteiger partial charge in [-0.3, -0.25) is 4.79 Å². The van der Waals surface area contributed by atoms with Crippen molar-refractivity contribution in [2.45, 2.75) is 26.1 Å². The number of hydrogen-bond acceptors (Lipinski definition) is 3. The summed E-state index contributed by atoms with van der Waals surface area (Å²) in [6, 6.07) is 5.98. The zero-order valence-corrected chi connectivity index (χ0v) is 13.1. The van der Waals surface area contributed by atoms with Crippen LogP contribution in [0, 0.1) is 11.3 Å². The Morgan fingerprint density at radius 3 is 2.39 bits per heavy atom. The molecule has 23 heavy (non-hydrogen) atoms. The molecule has 2 aromatic rings. The first kappa shape index (κ1) is 16.0. The molecule has 0 radical (unpaired) electrons. The molecule has 122 valence electrons. The first-order valence-corrected chi connectivity index (χ1v) is 7.28. The van der Waals surface area contributed by atoms with Gasteiger partial charge in [0.1, 0.15) is 6.33 Å². The van der Waals surface area contributed by atoms with Crippen molar-refractivity contribution in [3.63, 3.8) is 0 Å².